The molecule has 3 heterocycles. The standard InChI is InChI=1S/C23H33ClN4OS/c1-5-18-25-21(28-12-10-27(11-13-28)19(29)8-9-24)20-16-7-6-15(23(2,3)4)14-17(16)30-22(20)26-18/h15H,5-14H2,1-4H3/t15-/m1/s1. The number of aryl methyl sites for hydroxylation is 2. The zero-order chi connectivity index (χ0) is 21.5. The van der Waals surface area contributed by atoms with Crippen LogP contribution in [0.25, 0.3) is 10.2 Å². The van der Waals surface area contributed by atoms with Crippen molar-refractivity contribution in [1.82, 2.24) is 14.9 Å². The molecule has 0 unspecified atom stereocenters. The van der Waals surface area contributed by atoms with Crippen molar-refractivity contribution in [1.29, 1.82) is 0 Å². The number of alkyl halides is 1. The molecule has 0 radical (unpaired) electrons. The van der Waals surface area contributed by atoms with E-state index in [1.165, 1.54) is 22.2 Å². The van der Waals surface area contributed by atoms with Crippen LogP contribution in [0.4, 0.5) is 5.82 Å². The SMILES string of the molecule is CCc1nc(N2CCN(C(=O)CCCl)CC2)c2c3c(sc2n1)C[C@H](C(C)(C)C)CC3. The summed E-state index contributed by atoms with van der Waals surface area (Å²) in [6, 6.07) is 0. The minimum Gasteiger partial charge on any atom is -0.352 e. The highest BCUT2D eigenvalue weighted by molar-refractivity contribution is 7.19. The highest BCUT2D eigenvalue weighted by Gasteiger charge is 2.33. The van der Waals surface area contributed by atoms with Gasteiger partial charge in [0.15, 0.2) is 0 Å². The van der Waals surface area contributed by atoms with E-state index < -0.39 is 0 Å². The Kier molecular flexibility index (Phi) is 6.27. The van der Waals surface area contributed by atoms with E-state index in [-0.39, 0.29) is 5.91 Å². The zero-order valence-corrected chi connectivity index (χ0v) is 20.2. The van der Waals surface area contributed by atoms with Crippen LogP contribution in [0, 0.1) is 11.3 Å². The van der Waals surface area contributed by atoms with E-state index in [0.717, 1.165) is 67.8 Å². The van der Waals surface area contributed by atoms with Crippen LogP contribution >= 0.6 is 22.9 Å². The van der Waals surface area contributed by atoms with Crippen LogP contribution in [-0.2, 0) is 24.1 Å². The predicted molar refractivity (Wildman–Crippen MR) is 126 cm³/mol. The summed E-state index contributed by atoms with van der Waals surface area (Å²) >= 11 is 7.64. The zero-order valence-electron chi connectivity index (χ0n) is 18.6. The van der Waals surface area contributed by atoms with Gasteiger partial charge in [-0.25, -0.2) is 9.97 Å². The van der Waals surface area contributed by atoms with Gasteiger partial charge < -0.3 is 9.80 Å². The summed E-state index contributed by atoms with van der Waals surface area (Å²) in [5.74, 6) is 3.28. The van der Waals surface area contributed by atoms with Gasteiger partial charge >= 0.3 is 0 Å². The van der Waals surface area contributed by atoms with Gasteiger partial charge in [0, 0.05) is 49.8 Å². The van der Waals surface area contributed by atoms with E-state index in [0.29, 0.717) is 17.7 Å². The minimum absolute atomic E-state index is 0.160. The minimum atomic E-state index is 0.160. The van der Waals surface area contributed by atoms with Crippen LogP contribution in [0.2, 0.25) is 0 Å². The Balaban J connectivity index is 1.65. The van der Waals surface area contributed by atoms with Crippen molar-refractivity contribution in [3.8, 4) is 0 Å². The first kappa shape index (κ1) is 21.8. The number of anilines is 1. The van der Waals surface area contributed by atoms with Crippen LogP contribution in [0.5, 0.6) is 0 Å². The molecule has 1 fully saturated rings. The lowest BCUT2D eigenvalue weighted by Gasteiger charge is -2.36. The van der Waals surface area contributed by atoms with Crippen molar-refractivity contribution in [3.05, 3.63) is 16.3 Å². The lowest BCUT2D eigenvalue weighted by molar-refractivity contribution is -0.131. The Morgan fingerprint density at radius 2 is 1.93 bits per heavy atom. The quantitative estimate of drug-likeness (QED) is 0.637. The van der Waals surface area contributed by atoms with Gasteiger partial charge in [0.1, 0.15) is 16.5 Å². The molecule has 2 aliphatic rings. The van der Waals surface area contributed by atoms with Crippen molar-refractivity contribution >= 4 is 44.9 Å². The highest BCUT2D eigenvalue weighted by Crippen LogP contribution is 2.45. The molecule has 2 aromatic heterocycles. The molecule has 0 aromatic carbocycles. The molecule has 1 saturated heterocycles. The summed E-state index contributed by atoms with van der Waals surface area (Å²) in [5.41, 5.74) is 1.82. The van der Waals surface area contributed by atoms with E-state index in [1.54, 1.807) is 0 Å². The smallest absolute Gasteiger partial charge is 0.223 e. The number of carbonyl (C=O) groups excluding carboxylic acids is 1. The Morgan fingerprint density at radius 3 is 2.57 bits per heavy atom. The van der Waals surface area contributed by atoms with Crippen LogP contribution in [0.15, 0.2) is 0 Å². The van der Waals surface area contributed by atoms with Crippen molar-refractivity contribution in [2.75, 3.05) is 37.0 Å². The number of fused-ring (bicyclic) bond motifs is 3. The van der Waals surface area contributed by atoms with E-state index in [1.807, 2.05) is 16.2 Å². The topological polar surface area (TPSA) is 49.3 Å². The molecule has 0 N–H and O–H groups in total. The third-order valence-electron chi connectivity index (χ3n) is 6.72. The molecule has 0 spiro atoms. The Bertz CT molecular complexity index is 927. The summed E-state index contributed by atoms with van der Waals surface area (Å²) in [7, 11) is 0. The fourth-order valence-corrected chi connectivity index (χ4v) is 6.21. The largest absolute Gasteiger partial charge is 0.352 e. The number of rotatable bonds is 4. The number of carbonyl (C=O) groups is 1. The van der Waals surface area contributed by atoms with Gasteiger partial charge in [-0.2, -0.15) is 0 Å². The fraction of sp³-hybridized carbons (Fsp3) is 0.696. The van der Waals surface area contributed by atoms with Gasteiger partial charge in [-0.05, 0) is 36.2 Å². The average Bonchev–Trinajstić information content (AvgIpc) is 3.10. The lowest BCUT2D eigenvalue weighted by Crippen LogP contribution is -2.49. The predicted octanol–water partition coefficient (Wildman–Crippen LogP) is 4.68. The number of thiophene rings is 1. The number of aromatic nitrogens is 2. The monoisotopic (exact) mass is 448 g/mol. The van der Waals surface area contributed by atoms with Crippen LogP contribution in [0.3, 0.4) is 0 Å². The molecular weight excluding hydrogens is 416 g/mol. The van der Waals surface area contributed by atoms with Crippen molar-refractivity contribution < 1.29 is 4.79 Å². The first-order valence-electron chi connectivity index (χ1n) is 11.2. The average molecular weight is 449 g/mol. The third-order valence-corrected chi connectivity index (χ3v) is 8.05. The highest BCUT2D eigenvalue weighted by atomic mass is 35.5. The summed E-state index contributed by atoms with van der Waals surface area (Å²) in [6.45, 7) is 12.3. The Morgan fingerprint density at radius 1 is 1.20 bits per heavy atom. The fourth-order valence-electron chi connectivity index (χ4n) is 4.73. The van der Waals surface area contributed by atoms with E-state index >= 15 is 0 Å². The molecular formula is C23H33ClN4OS. The molecule has 0 saturated carbocycles. The lowest BCUT2D eigenvalue weighted by atomic mass is 9.72. The molecule has 164 valence electrons. The summed E-state index contributed by atoms with van der Waals surface area (Å²) < 4.78 is 0. The summed E-state index contributed by atoms with van der Waals surface area (Å²) in [5, 5.41) is 1.28. The second kappa shape index (κ2) is 8.62. The number of piperazine rings is 1. The second-order valence-electron chi connectivity index (χ2n) is 9.61. The molecule has 7 heteroatoms. The van der Waals surface area contributed by atoms with Crippen LogP contribution in [0.1, 0.15) is 56.8 Å². The van der Waals surface area contributed by atoms with Gasteiger partial charge in [-0.1, -0.05) is 27.7 Å². The van der Waals surface area contributed by atoms with E-state index in [2.05, 4.69) is 32.6 Å². The number of amides is 1. The number of nitrogens with zero attached hydrogens (tertiary/aromatic N) is 4. The molecule has 30 heavy (non-hydrogen) atoms. The summed E-state index contributed by atoms with van der Waals surface area (Å²) in [4.78, 5) is 29.1. The number of halogens is 1. The van der Waals surface area contributed by atoms with Gasteiger partial charge in [0.2, 0.25) is 5.91 Å². The number of hydrogen-bond acceptors (Lipinski definition) is 5. The van der Waals surface area contributed by atoms with Gasteiger partial charge in [-0.3, -0.25) is 4.79 Å². The first-order chi connectivity index (χ1) is 14.3. The summed E-state index contributed by atoms with van der Waals surface area (Å²) in [6.07, 6.45) is 4.77. The molecule has 4 rings (SSSR count). The van der Waals surface area contributed by atoms with Crippen LogP contribution in [-0.4, -0.2) is 52.8 Å². The van der Waals surface area contributed by atoms with Crippen molar-refractivity contribution in [2.45, 2.75) is 59.8 Å². The molecule has 1 amide bonds. The maximum Gasteiger partial charge on any atom is 0.223 e. The molecule has 1 aliphatic carbocycles. The van der Waals surface area contributed by atoms with Gasteiger partial charge in [-0.15, -0.1) is 22.9 Å². The second-order valence-corrected chi connectivity index (χ2v) is 11.1. The first-order valence-corrected chi connectivity index (χ1v) is 12.6. The molecule has 1 atom stereocenters. The van der Waals surface area contributed by atoms with Crippen molar-refractivity contribution in [3.63, 3.8) is 0 Å². The molecule has 2 aromatic rings. The molecule has 5 nitrogen and oxygen atoms in total. The molecule has 1 aliphatic heterocycles. The Labute approximate surface area is 188 Å². The van der Waals surface area contributed by atoms with Crippen LogP contribution < -0.4 is 4.90 Å². The Hall–Kier alpha value is -1.40. The van der Waals surface area contributed by atoms with Crippen molar-refractivity contribution in [2.24, 2.45) is 11.3 Å². The van der Waals surface area contributed by atoms with E-state index in [4.69, 9.17) is 21.6 Å². The third kappa shape index (κ3) is 4.18. The molecule has 0 bridgehead atoms. The van der Waals surface area contributed by atoms with E-state index in [9.17, 15) is 4.79 Å². The number of hydrogen-bond donors (Lipinski definition) is 0. The van der Waals surface area contributed by atoms with Gasteiger partial charge in [0.25, 0.3) is 0 Å². The van der Waals surface area contributed by atoms with Gasteiger partial charge in [0.05, 0.1) is 5.39 Å². The maximum absolute atomic E-state index is 12.2. The maximum atomic E-state index is 12.2. The normalized spacial score (nSPS) is 20.0.